The third-order valence-corrected chi connectivity index (χ3v) is 5.09. The summed E-state index contributed by atoms with van der Waals surface area (Å²) in [6, 6.07) is 3.04. The second kappa shape index (κ2) is 9.92. The second-order valence-electron chi connectivity index (χ2n) is 8.41. The molecule has 0 bridgehead atoms. The van der Waals surface area contributed by atoms with Gasteiger partial charge in [0.2, 0.25) is 0 Å². The Labute approximate surface area is 187 Å². The third kappa shape index (κ3) is 5.82. The van der Waals surface area contributed by atoms with Crippen LogP contribution in [0, 0.1) is 0 Å². The van der Waals surface area contributed by atoms with E-state index in [0.29, 0.717) is 38.9 Å². The largest absolute Gasteiger partial charge is 0.491 e. The molecule has 30 heavy (non-hydrogen) atoms. The Kier molecular flexibility index (Phi) is 8.06. The van der Waals surface area contributed by atoms with Crippen molar-refractivity contribution in [2.24, 2.45) is 0 Å². The van der Waals surface area contributed by atoms with E-state index in [1.54, 1.807) is 37.5 Å². The van der Waals surface area contributed by atoms with Crippen LogP contribution in [0.25, 0.3) is 10.8 Å². The summed E-state index contributed by atoms with van der Waals surface area (Å²) in [5.41, 5.74) is -0.291. The number of halogens is 2. The zero-order valence-electron chi connectivity index (χ0n) is 18.4. The van der Waals surface area contributed by atoms with E-state index in [4.69, 9.17) is 32.7 Å². The van der Waals surface area contributed by atoms with Crippen LogP contribution in [0.4, 0.5) is 4.79 Å². The van der Waals surface area contributed by atoms with Crippen molar-refractivity contribution in [2.45, 2.75) is 72.6 Å². The maximum absolute atomic E-state index is 13.3. The predicted molar refractivity (Wildman–Crippen MR) is 122 cm³/mol. The maximum atomic E-state index is 13.3. The number of fused-ring (bicyclic) bond motifs is 1. The van der Waals surface area contributed by atoms with E-state index in [2.05, 4.69) is 12.2 Å². The summed E-state index contributed by atoms with van der Waals surface area (Å²) in [5, 5.41) is 4.37. The van der Waals surface area contributed by atoms with Crippen molar-refractivity contribution in [2.75, 3.05) is 6.61 Å². The van der Waals surface area contributed by atoms with Gasteiger partial charge in [0.25, 0.3) is 5.56 Å². The van der Waals surface area contributed by atoms with Gasteiger partial charge in [-0.25, -0.2) is 4.79 Å². The fourth-order valence-corrected chi connectivity index (χ4v) is 3.42. The molecule has 2 aromatic rings. The van der Waals surface area contributed by atoms with Gasteiger partial charge in [-0.3, -0.25) is 4.79 Å². The first kappa shape index (κ1) is 24.4. The molecule has 1 amide bonds. The number of nitrogens with one attached hydrogen (secondary N) is 1. The fraction of sp³-hybridized carbons (Fsp3) is 0.545. The van der Waals surface area contributed by atoms with Gasteiger partial charge in [-0.15, -0.1) is 0 Å². The van der Waals surface area contributed by atoms with Crippen molar-refractivity contribution < 1.29 is 14.3 Å². The molecule has 166 valence electrons. The lowest BCUT2D eigenvalue weighted by atomic mass is 10.1. The number of pyridine rings is 1. The van der Waals surface area contributed by atoms with Crippen molar-refractivity contribution in [3.05, 3.63) is 38.2 Å². The summed E-state index contributed by atoms with van der Waals surface area (Å²) in [4.78, 5) is 25.5. The van der Waals surface area contributed by atoms with E-state index in [0.717, 1.165) is 12.8 Å². The van der Waals surface area contributed by atoms with Crippen molar-refractivity contribution in [1.82, 2.24) is 9.88 Å². The molecule has 6 nitrogen and oxygen atoms in total. The van der Waals surface area contributed by atoms with Crippen LogP contribution in [0.1, 0.15) is 66.1 Å². The molecule has 8 heteroatoms. The number of unbranched alkanes of at least 4 members (excludes halogenated alkanes) is 1. The van der Waals surface area contributed by atoms with Gasteiger partial charge in [0, 0.05) is 11.4 Å². The number of nitrogens with zero attached hydrogens (tertiary/aromatic N) is 1. The van der Waals surface area contributed by atoms with Crippen LogP contribution in [0.15, 0.2) is 16.9 Å². The molecule has 0 spiro atoms. The first-order valence-corrected chi connectivity index (χ1v) is 10.9. The van der Waals surface area contributed by atoms with E-state index >= 15 is 0 Å². The van der Waals surface area contributed by atoms with E-state index in [-0.39, 0.29) is 18.1 Å². The van der Waals surface area contributed by atoms with Gasteiger partial charge in [-0.2, -0.15) is 0 Å². The third-order valence-electron chi connectivity index (χ3n) is 4.37. The van der Waals surface area contributed by atoms with Gasteiger partial charge in [-0.05, 0) is 53.2 Å². The molecule has 0 atom stereocenters. The normalized spacial score (nSPS) is 11.8. The molecule has 0 fully saturated rings. The highest BCUT2D eigenvalue weighted by atomic mass is 35.5. The molecular weight excluding hydrogens is 427 g/mol. The van der Waals surface area contributed by atoms with Crippen LogP contribution in [0.2, 0.25) is 10.0 Å². The van der Waals surface area contributed by atoms with E-state index in [1.165, 1.54) is 0 Å². The minimum absolute atomic E-state index is 0.0694. The van der Waals surface area contributed by atoms with Gasteiger partial charge in [0.05, 0.1) is 34.3 Å². The summed E-state index contributed by atoms with van der Waals surface area (Å²) in [7, 11) is 0. The molecule has 1 aromatic heterocycles. The highest BCUT2D eigenvalue weighted by molar-refractivity contribution is 6.42. The Hall–Kier alpha value is -1.92. The SMILES string of the molecule is CCCCOc1c(CNC(=O)OC(C)(C)C)n(C(C)C)c(=O)c2cc(Cl)c(Cl)cc12. The highest BCUT2D eigenvalue weighted by Crippen LogP contribution is 2.35. The summed E-state index contributed by atoms with van der Waals surface area (Å²) in [6.07, 6.45) is 1.24. The number of rotatable bonds is 7. The molecule has 0 saturated carbocycles. The fourth-order valence-electron chi connectivity index (χ4n) is 3.09. The molecule has 0 unspecified atom stereocenters. The predicted octanol–water partition coefficient (Wildman–Crippen LogP) is 6.09. The Morgan fingerprint density at radius 2 is 1.77 bits per heavy atom. The zero-order chi connectivity index (χ0) is 22.6. The Balaban J connectivity index is 2.64. The number of carbonyl (C=O) groups excluding carboxylic acids is 1. The topological polar surface area (TPSA) is 69.6 Å². The number of amides is 1. The van der Waals surface area contributed by atoms with Crippen LogP contribution in [-0.4, -0.2) is 22.9 Å². The van der Waals surface area contributed by atoms with Crippen LogP contribution in [0.5, 0.6) is 5.75 Å². The molecule has 0 aliphatic carbocycles. The number of benzene rings is 1. The van der Waals surface area contributed by atoms with Crippen molar-refractivity contribution >= 4 is 40.1 Å². The molecule has 0 saturated heterocycles. The molecule has 0 radical (unpaired) electrons. The van der Waals surface area contributed by atoms with E-state index in [1.807, 2.05) is 13.8 Å². The Bertz CT molecular complexity index is 978. The molecule has 2 rings (SSSR count). The molecule has 1 N–H and O–H groups in total. The Morgan fingerprint density at radius 1 is 1.17 bits per heavy atom. The number of alkyl carbamates (subject to hydrolysis) is 1. The van der Waals surface area contributed by atoms with Crippen LogP contribution in [-0.2, 0) is 11.3 Å². The van der Waals surface area contributed by atoms with Crippen LogP contribution < -0.4 is 15.6 Å². The summed E-state index contributed by atoms with van der Waals surface area (Å²) < 4.78 is 13.1. The smallest absolute Gasteiger partial charge is 0.407 e. The van der Waals surface area contributed by atoms with Crippen LogP contribution in [0.3, 0.4) is 0 Å². The molecule has 0 aliphatic rings. The van der Waals surface area contributed by atoms with Crippen molar-refractivity contribution in [1.29, 1.82) is 0 Å². The molecule has 0 aliphatic heterocycles. The minimum Gasteiger partial charge on any atom is -0.491 e. The van der Waals surface area contributed by atoms with E-state index in [9.17, 15) is 9.59 Å². The molecule has 1 heterocycles. The summed E-state index contributed by atoms with van der Waals surface area (Å²) in [6.45, 7) is 11.8. The number of carbonyl (C=O) groups is 1. The summed E-state index contributed by atoms with van der Waals surface area (Å²) >= 11 is 12.4. The van der Waals surface area contributed by atoms with Gasteiger partial charge in [-0.1, -0.05) is 36.5 Å². The van der Waals surface area contributed by atoms with Gasteiger partial charge >= 0.3 is 6.09 Å². The number of ether oxygens (including phenoxy) is 2. The lowest BCUT2D eigenvalue weighted by Crippen LogP contribution is -2.35. The monoisotopic (exact) mass is 456 g/mol. The van der Waals surface area contributed by atoms with Gasteiger partial charge < -0.3 is 19.4 Å². The summed E-state index contributed by atoms with van der Waals surface area (Å²) in [5.74, 6) is 0.515. The standard InChI is InChI=1S/C22H30Cl2N2O4/c1-7-8-9-29-19-14-10-16(23)17(24)11-15(14)20(27)26(13(2)3)18(19)12-25-21(28)30-22(4,5)6/h10-11,13H,7-9,12H2,1-6H3,(H,25,28). The van der Waals surface area contributed by atoms with Crippen molar-refractivity contribution in [3.63, 3.8) is 0 Å². The molecular formula is C22H30Cl2N2O4. The van der Waals surface area contributed by atoms with Crippen LogP contribution >= 0.6 is 23.2 Å². The number of hydrogen-bond acceptors (Lipinski definition) is 4. The quantitative estimate of drug-likeness (QED) is 0.511. The molecule has 1 aromatic carbocycles. The number of aromatic nitrogens is 1. The first-order valence-electron chi connectivity index (χ1n) is 10.1. The lowest BCUT2D eigenvalue weighted by Gasteiger charge is -2.24. The highest BCUT2D eigenvalue weighted by Gasteiger charge is 2.23. The zero-order valence-corrected chi connectivity index (χ0v) is 19.9. The Morgan fingerprint density at radius 3 is 2.30 bits per heavy atom. The average molecular weight is 457 g/mol. The van der Waals surface area contributed by atoms with Gasteiger partial charge in [0.1, 0.15) is 11.4 Å². The average Bonchev–Trinajstić information content (AvgIpc) is 2.62. The lowest BCUT2D eigenvalue weighted by molar-refractivity contribution is 0.0521. The second-order valence-corrected chi connectivity index (χ2v) is 9.23. The van der Waals surface area contributed by atoms with Gasteiger partial charge in [0.15, 0.2) is 0 Å². The minimum atomic E-state index is -0.629. The maximum Gasteiger partial charge on any atom is 0.407 e. The van der Waals surface area contributed by atoms with Crippen molar-refractivity contribution in [3.8, 4) is 5.75 Å². The first-order chi connectivity index (χ1) is 14.0. The van der Waals surface area contributed by atoms with E-state index < -0.39 is 11.7 Å². The number of hydrogen-bond donors (Lipinski definition) is 1.